The lowest BCUT2D eigenvalue weighted by molar-refractivity contribution is -0.298. The van der Waals surface area contributed by atoms with Crippen molar-refractivity contribution >= 4 is 11.9 Å². The van der Waals surface area contributed by atoms with Gasteiger partial charge in [0.15, 0.2) is 5.69 Å². The largest absolute Gasteiger partial charge is 0.373 e. The normalized spacial score (nSPS) is 21.4. The minimum atomic E-state index is -3.54. The molecule has 0 radical (unpaired) electrons. The van der Waals surface area contributed by atoms with E-state index in [0.717, 1.165) is 29.5 Å². The predicted octanol–water partition coefficient (Wildman–Crippen LogP) is 3.53. The molecule has 3 aromatic heterocycles. The minimum absolute atomic E-state index is 0.0472. The van der Waals surface area contributed by atoms with Crippen LogP contribution in [-0.4, -0.2) is 66.9 Å². The molecule has 2 aliphatic rings. The standard InChI is InChI=1S/C24H26F3N7O2/c1-13-20(18-7-6-17(25)10-28-18)21(32-33(13)3)22(35)34-12-24(26,27)36-14(2)19(34)11-31-23-29-8-16(9-30-23)15-4-5-15/h6-10,14-15,19H,4-5,11-12H2,1-3H3,(H,29,30,31)/t14-,19+/m0/s1. The molecule has 4 heterocycles. The lowest BCUT2D eigenvalue weighted by Crippen LogP contribution is -2.61. The number of pyridine rings is 1. The van der Waals surface area contributed by atoms with E-state index >= 15 is 0 Å². The summed E-state index contributed by atoms with van der Waals surface area (Å²) < 4.78 is 48.8. The average molecular weight is 502 g/mol. The molecule has 1 aliphatic heterocycles. The number of nitrogens with zero attached hydrogens (tertiary/aromatic N) is 6. The first-order valence-electron chi connectivity index (χ1n) is 11.7. The van der Waals surface area contributed by atoms with Crippen molar-refractivity contribution in [1.29, 1.82) is 0 Å². The molecule has 0 bridgehead atoms. The maximum atomic E-state index is 14.5. The summed E-state index contributed by atoms with van der Waals surface area (Å²) in [6, 6.07) is 1.88. The Kier molecular flexibility index (Phi) is 6.15. The van der Waals surface area contributed by atoms with Crippen molar-refractivity contribution in [3.63, 3.8) is 0 Å². The van der Waals surface area contributed by atoms with Crippen LogP contribution in [0.25, 0.3) is 11.3 Å². The summed E-state index contributed by atoms with van der Waals surface area (Å²) in [6.45, 7) is 2.35. The Balaban J connectivity index is 1.43. The van der Waals surface area contributed by atoms with Gasteiger partial charge in [-0.15, -0.1) is 0 Å². The van der Waals surface area contributed by atoms with Crippen molar-refractivity contribution in [1.82, 2.24) is 29.6 Å². The van der Waals surface area contributed by atoms with E-state index in [0.29, 0.717) is 28.8 Å². The number of aryl methyl sites for hydroxylation is 1. The minimum Gasteiger partial charge on any atom is -0.352 e. The van der Waals surface area contributed by atoms with Crippen molar-refractivity contribution in [3.05, 3.63) is 53.5 Å². The highest BCUT2D eigenvalue weighted by molar-refractivity contribution is 5.99. The molecule has 2 atom stereocenters. The summed E-state index contributed by atoms with van der Waals surface area (Å²) >= 11 is 0. The molecule has 12 heteroatoms. The van der Waals surface area contributed by atoms with Gasteiger partial charge in [0, 0.05) is 31.7 Å². The molecule has 0 unspecified atom stereocenters. The SMILES string of the molecule is Cc1c(-c2ccc(F)cn2)c(C(=O)N2CC(F)(F)O[C@@H](C)[C@H]2CNc2ncc(C3CC3)cn2)nn1C. The van der Waals surface area contributed by atoms with Gasteiger partial charge in [-0.1, -0.05) is 0 Å². The van der Waals surface area contributed by atoms with E-state index in [9.17, 15) is 18.0 Å². The van der Waals surface area contributed by atoms with E-state index in [4.69, 9.17) is 4.74 Å². The number of amides is 1. The van der Waals surface area contributed by atoms with Gasteiger partial charge in [-0.05, 0) is 50.3 Å². The van der Waals surface area contributed by atoms with Crippen LogP contribution >= 0.6 is 0 Å². The van der Waals surface area contributed by atoms with E-state index in [2.05, 4.69) is 25.4 Å². The predicted molar refractivity (Wildman–Crippen MR) is 124 cm³/mol. The molecule has 1 saturated heterocycles. The van der Waals surface area contributed by atoms with Crippen molar-refractivity contribution in [2.75, 3.05) is 18.4 Å². The van der Waals surface area contributed by atoms with Gasteiger partial charge < -0.3 is 15.0 Å². The Morgan fingerprint density at radius 1 is 1.19 bits per heavy atom. The number of nitrogens with one attached hydrogen (secondary N) is 1. The molecular weight excluding hydrogens is 475 g/mol. The summed E-state index contributed by atoms with van der Waals surface area (Å²) in [5.74, 6) is -0.395. The van der Waals surface area contributed by atoms with E-state index in [1.54, 1.807) is 26.4 Å². The molecule has 0 aromatic carbocycles. The van der Waals surface area contributed by atoms with Crippen LogP contribution in [0.4, 0.5) is 19.1 Å². The Labute approximate surface area is 205 Å². The number of anilines is 1. The zero-order chi connectivity index (χ0) is 25.6. The highest BCUT2D eigenvalue weighted by Gasteiger charge is 2.48. The number of hydrogen-bond acceptors (Lipinski definition) is 7. The topological polar surface area (TPSA) is 98.1 Å². The fourth-order valence-corrected chi connectivity index (χ4v) is 4.43. The van der Waals surface area contributed by atoms with Crippen LogP contribution in [0.5, 0.6) is 0 Å². The second kappa shape index (κ2) is 9.16. The zero-order valence-electron chi connectivity index (χ0n) is 20.1. The number of hydrogen-bond donors (Lipinski definition) is 1. The molecule has 5 rings (SSSR count). The van der Waals surface area contributed by atoms with E-state index < -0.39 is 36.5 Å². The van der Waals surface area contributed by atoms with Gasteiger partial charge in [-0.3, -0.25) is 14.5 Å². The highest BCUT2D eigenvalue weighted by Crippen LogP contribution is 2.39. The lowest BCUT2D eigenvalue weighted by atomic mass is 10.0. The number of carbonyl (C=O) groups excluding carboxylic acids is 1. The van der Waals surface area contributed by atoms with Crippen LogP contribution in [0.3, 0.4) is 0 Å². The summed E-state index contributed by atoms with van der Waals surface area (Å²) in [4.78, 5) is 27.5. The van der Waals surface area contributed by atoms with Crippen LogP contribution in [0.2, 0.25) is 0 Å². The number of alkyl halides is 2. The number of rotatable bonds is 6. The Morgan fingerprint density at radius 3 is 2.56 bits per heavy atom. The first-order chi connectivity index (χ1) is 17.1. The zero-order valence-corrected chi connectivity index (χ0v) is 20.1. The molecule has 0 spiro atoms. The molecule has 36 heavy (non-hydrogen) atoms. The smallest absolute Gasteiger partial charge is 0.352 e. The second-order valence-corrected chi connectivity index (χ2v) is 9.25. The molecule has 2 fully saturated rings. The van der Waals surface area contributed by atoms with Gasteiger partial charge in [0.1, 0.15) is 12.4 Å². The maximum absolute atomic E-state index is 14.5. The Hall–Kier alpha value is -3.54. The molecule has 1 amide bonds. The van der Waals surface area contributed by atoms with E-state index in [1.807, 2.05) is 0 Å². The van der Waals surface area contributed by atoms with Crippen LogP contribution in [-0.2, 0) is 11.8 Å². The first-order valence-corrected chi connectivity index (χ1v) is 11.7. The molecular formula is C24H26F3N7O2. The molecule has 3 aromatic rings. The number of carbonyl (C=O) groups is 1. The average Bonchev–Trinajstić information content (AvgIpc) is 3.64. The number of halogens is 3. The quantitative estimate of drug-likeness (QED) is 0.552. The van der Waals surface area contributed by atoms with Crippen molar-refractivity contribution in [2.24, 2.45) is 7.05 Å². The fourth-order valence-electron chi connectivity index (χ4n) is 4.43. The Morgan fingerprint density at radius 2 is 1.92 bits per heavy atom. The monoisotopic (exact) mass is 501 g/mol. The number of morpholine rings is 1. The van der Waals surface area contributed by atoms with Crippen molar-refractivity contribution < 1.29 is 22.7 Å². The van der Waals surface area contributed by atoms with Crippen molar-refractivity contribution in [2.45, 2.75) is 50.9 Å². The third-order valence-corrected chi connectivity index (χ3v) is 6.63. The Bertz CT molecular complexity index is 1260. The third kappa shape index (κ3) is 4.77. The summed E-state index contributed by atoms with van der Waals surface area (Å²) in [7, 11) is 1.64. The van der Waals surface area contributed by atoms with E-state index in [1.165, 1.54) is 23.7 Å². The number of aromatic nitrogens is 5. The summed E-state index contributed by atoms with van der Waals surface area (Å²) in [5.41, 5.74) is 2.28. The first kappa shape index (κ1) is 24.2. The number of ether oxygens (including phenoxy) is 1. The van der Waals surface area contributed by atoms with E-state index in [-0.39, 0.29) is 12.2 Å². The molecule has 1 aliphatic carbocycles. The molecule has 1 N–H and O–H groups in total. The van der Waals surface area contributed by atoms with Crippen LogP contribution in [0.1, 0.15) is 47.4 Å². The second-order valence-electron chi connectivity index (χ2n) is 9.25. The summed E-state index contributed by atoms with van der Waals surface area (Å²) in [6.07, 6.45) is 2.26. The summed E-state index contributed by atoms with van der Waals surface area (Å²) in [5, 5.41) is 7.35. The van der Waals surface area contributed by atoms with Gasteiger partial charge >= 0.3 is 6.11 Å². The lowest BCUT2D eigenvalue weighted by Gasteiger charge is -2.43. The third-order valence-electron chi connectivity index (χ3n) is 6.63. The van der Waals surface area contributed by atoms with Crippen LogP contribution in [0.15, 0.2) is 30.7 Å². The van der Waals surface area contributed by atoms with Gasteiger partial charge in [0.25, 0.3) is 5.91 Å². The van der Waals surface area contributed by atoms with Gasteiger partial charge in [-0.2, -0.15) is 13.9 Å². The van der Waals surface area contributed by atoms with Gasteiger partial charge in [-0.25, -0.2) is 14.4 Å². The fraction of sp³-hybridized carbons (Fsp3) is 0.458. The molecule has 1 saturated carbocycles. The van der Waals surface area contributed by atoms with Crippen molar-refractivity contribution in [3.8, 4) is 11.3 Å². The van der Waals surface area contributed by atoms with Gasteiger partial charge in [0.05, 0.1) is 29.6 Å². The van der Waals surface area contributed by atoms with Gasteiger partial charge in [0.2, 0.25) is 5.95 Å². The highest BCUT2D eigenvalue weighted by atomic mass is 19.3. The van der Waals surface area contributed by atoms with Crippen LogP contribution in [0, 0.1) is 12.7 Å². The van der Waals surface area contributed by atoms with Crippen LogP contribution < -0.4 is 5.32 Å². The molecule has 190 valence electrons. The maximum Gasteiger partial charge on any atom is 0.373 e. The molecule has 9 nitrogen and oxygen atoms in total.